The minimum absolute atomic E-state index is 0.122. The van der Waals surface area contributed by atoms with Gasteiger partial charge >= 0.3 is 0 Å². The second kappa shape index (κ2) is 3.62. The number of nitrogens with zero attached hydrogens (tertiary/aromatic N) is 3. The van der Waals surface area contributed by atoms with Gasteiger partial charge in [0.15, 0.2) is 6.17 Å². The first kappa shape index (κ1) is 12.2. The van der Waals surface area contributed by atoms with Crippen LogP contribution in [0.1, 0.15) is 20.8 Å². The molecule has 0 aromatic carbocycles. The molecule has 0 spiro atoms. The third-order valence-electron chi connectivity index (χ3n) is 2.04. The van der Waals surface area contributed by atoms with Crippen LogP contribution in [-0.4, -0.2) is 38.8 Å². The van der Waals surface area contributed by atoms with E-state index >= 15 is 0 Å². The van der Waals surface area contributed by atoms with Crippen LogP contribution < -0.4 is 0 Å². The predicted octanol–water partition coefficient (Wildman–Crippen LogP) is 2.67. The SMILES string of the molecule is CN1N=CN(C(C)(C)C)C1C(Cl)(Cl)Cl. The van der Waals surface area contributed by atoms with Crippen molar-refractivity contribution in [3.05, 3.63) is 0 Å². The van der Waals surface area contributed by atoms with Gasteiger partial charge < -0.3 is 4.90 Å². The van der Waals surface area contributed by atoms with Crippen molar-refractivity contribution < 1.29 is 0 Å². The zero-order valence-corrected chi connectivity index (χ0v) is 10.9. The lowest BCUT2D eigenvalue weighted by Gasteiger charge is -2.41. The van der Waals surface area contributed by atoms with Gasteiger partial charge in [0, 0.05) is 12.6 Å². The summed E-state index contributed by atoms with van der Waals surface area (Å²) in [5.74, 6) is 0. The van der Waals surface area contributed by atoms with Gasteiger partial charge in [0.2, 0.25) is 3.79 Å². The van der Waals surface area contributed by atoms with Gasteiger partial charge in [-0.2, -0.15) is 5.10 Å². The standard InChI is InChI=1S/C8H14Cl3N3/c1-7(2,3)14-5-12-13(4)6(14)8(9,10)11/h5-6H,1-4H3. The first-order valence-electron chi connectivity index (χ1n) is 4.26. The summed E-state index contributed by atoms with van der Waals surface area (Å²) >= 11 is 17.7. The van der Waals surface area contributed by atoms with E-state index in [0.29, 0.717) is 0 Å². The molecule has 82 valence electrons. The van der Waals surface area contributed by atoms with Gasteiger partial charge in [-0.15, -0.1) is 0 Å². The summed E-state index contributed by atoms with van der Waals surface area (Å²) in [6.07, 6.45) is 1.35. The Bertz CT molecular complexity index is 241. The van der Waals surface area contributed by atoms with Crippen LogP contribution >= 0.6 is 34.8 Å². The van der Waals surface area contributed by atoms with E-state index in [4.69, 9.17) is 34.8 Å². The molecule has 0 N–H and O–H groups in total. The fourth-order valence-corrected chi connectivity index (χ4v) is 2.09. The molecule has 1 atom stereocenters. The Kier molecular flexibility index (Phi) is 3.15. The smallest absolute Gasteiger partial charge is 0.230 e. The zero-order valence-electron chi connectivity index (χ0n) is 8.63. The maximum absolute atomic E-state index is 5.90. The van der Waals surface area contributed by atoms with Crippen molar-refractivity contribution >= 4 is 41.1 Å². The van der Waals surface area contributed by atoms with Gasteiger partial charge in [-0.25, -0.2) is 0 Å². The molecule has 1 aliphatic rings. The molecule has 0 aromatic heterocycles. The highest BCUT2D eigenvalue weighted by Gasteiger charge is 2.45. The molecule has 1 unspecified atom stereocenters. The highest BCUT2D eigenvalue weighted by Crippen LogP contribution is 2.38. The van der Waals surface area contributed by atoms with E-state index in [0.717, 1.165) is 0 Å². The number of alkyl halides is 3. The molecule has 0 aromatic rings. The van der Waals surface area contributed by atoms with Gasteiger partial charge in [0.25, 0.3) is 0 Å². The fraction of sp³-hybridized carbons (Fsp3) is 0.875. The Morgan fingerprint density at radius 1 is 1.21 bits per heavy atom. The van der Waals surface area contributed by atoms with Crippen molar-refractivity contribution in [2.75, 3.05) is 7.05 Å². The lowest BCUT2D eigenvalue weighted by atomic mass is 10.1. The van der Waals surface area contributed by atoms with Gasteiger partial charge in [0.05, 0.1) is 0 Å². The normalized spacial score (nSPS) is 23.5. The van der Waals surface area contributed by atoms with E-state index < -0.39 is 3.79 Å². The molecule has 0 amide bonds. The first-order valence-corrected chi connectivity index (χ1v) is 5.39. The molecule has 0 saturated carbocycles. The van der Waals surface area contributed by atoms with Gasteiger partial charge in [-0.3, -0.25) is 5.01 Å². The topological polar surface area (TPSA) is 18.8 Å². The maximum Gasteiger partial charge on any atom is 0.230 e. The summed E-state index contributed by atoms with van der Waals surface area (Å²) in [7, 11) is 1.79. The number of rotatable bonds is 0. The molecule has 0 radical (unpaired) electrons. The third-order valence-corrected chi connectivity index (χ3v) is 2.63. The summed E-state index contributed by atoms with van der Waals surface area (Å²) in [6, 6.07) is 0. The van der Waals surface area contributed by atoms with Crippen LogP contribution in [0.2, 0.25) is 0 Å². The zero-order chi connectivity index (χ0) is 11.1. The van der Waals surface area contributed by atoms with Crippen LogP contribution in [0.25, 0.3) is 0 Å². The average Bonchev–Trinajstić information content (AvgIpc) is 2.27. The largest absolute Gasteiger partial charge is 0.331 e. The van der Waals surface area contributed by atoms with Crippen molar-refractivity contribution in [2.45, 2.75) is 36.3 Å². The summed E-state index contributed by atoms with van der Waals surface area (Å²) in [4.78, 5) is 1.93. The molecule has 0 bridgehead atoms. The second-order valence-corrected chi connectivity index (χ2v) is 6.67. The van der Waals surface area contributed by atoms with E-state index in [1.165, 1.54) is 0 Å². The minimum Gasteiger partial charge on any atom is -0.331 e. The molecular weight excluding hydrogens is 244 g/mol. The van der Waals surface area contributed by atoms with Gasteiger partial charge in [-0.1, -0.05) is 34.8 Å². The molecule has 0 saturated heterocycles. The Morgan fingerprint density at radius 2 is 1.71 bits per heavy atom. The van der Waals surface area contributed by atoms with E-state index in [1.54, 1.807) is 18.4 Å². The summed E-state index contributed by atoms with van der Waals surface area (Å²) < 4.78 is -1.38. The Hall–Kier alpha value is 0.140. The number of halogens is 3. The van der Waals surface area contributed by atoms with Crippen LogP contribution in [0.3, 0.4) is 0 Å². The van der Waals surface area contributed by atoms with Gasteiger partial charge in [0.1, 0.15) is 6.34 Å². The van der Waals surface area contributed by atoms with Crippen molar-refractivity contribution in [3.8, 4) is 0 Å². The Balaban J connectivity index is 2.93. The molecule has 14 heavy (non-hydrogen) atoms. The molecule has 1 heterocycles. The van der Waals surface area contributed by atoms with Crippen LogP contribution in [0.5, 0.6) is 0 Å². The second-order valence-electron chi connectivity index (χ2n) is 4.30. The third kappa shape index (κ3) is 2.38. The molecule has 1 rings (SSSR count). The Morgan fingerprint density at radius 3 is 2.00 bits per heavy atom. The molecular formula is C8H14Cl3N3. The molecule has 0 aliphatic carbocycles. The van der Waals surface area contributed by atoms with Crippen molar-refractivity contribution in [2.24, 2.45) is 5.10 Å². The average molecular weight is 259 g/mol. The van der Waals surface area contributed by atoms with E-state index in [2.05, 4.69) is 5.10 Å². The van der Waals surface area contributed by atoms with Crippen molar-refractivity contribution in [1.82, 2.24) is 9.91 Å². The van der Waals surface area contributed by atoms with Gasteiger partial charge in [-0.05, 0) is 20.8 Å². The maximum atomic E-state index is 5.90. The summed E-state index contributed by atoms with van der Waals surface area (Å²) in [6.45, 7) is 6.13. The number of hydrogen-bond donors (Lipinski definition) is 0. The van der Waals surface area contributed by atoms with Crippen LogP contribution in [0.15, 0.2) is 5.10 Å². The predicted molar refractivity (Wildman–Crippen MR) is 61.9 cm³/mol. The molecule has 3 nitrogen and oxygen atoms in total. The highest BCUT2D eigenvalue weighted by atomic mass is 35.6. The number of hydrazone groups is 1. The fourth-order valence-electron chi connectivity index (χ4n) is 1.35. The van der Waals surface area contributed by atoms with E-state index in [-0.39, 0.29) is 11.7 Å². The van der Waals surface area contributed by atoms with E-state index in [9.17, 15) is 0 Å². The lowest BCUT2D eigenvalue weighted by Crippen LogP contribution is -2.54. The van der Waals surface area contributed by atoms with Crippen molar-refractivity contribution in [3.63, 3.8) is 0 Å². The monoisotopic (exact) mass is 257 g/mol. The molecule has 1 aliphatic heterocycles. The summed E-state index contributed by atoms with van der Waals surface area (Å²) in [5.41, 5.74) is -0.122. The van der Waals surface area contributed by atoms with E-state index in [1.807, 2.05) is 25.7 Å². The quantitative estimate of drug-likeness (QED) is 0.622. The first-order chi connectivity index (χ1) is 6.14. The summed E-state index contributed by atoms with van der Waals surface area (Å²) in [5, 5.41) is 5.76. The molecule has 0 fully saturated rings. The highest BCUT2D eigenvalue weighted by molar-refractivity contribution is 6.68. The van der Waals surface area contributed by atoms with Crippen LogP contribution in [0, 0.1) is 0 Å². The Labute approximate surface area is 99.6 Å². The van der Waals surface area contributed by atoms with Crippen molar-refractivity contribution in [1.29, 1.82) is 0 Å². The van der Waals surface area contributed by atoms with Crippen LogP contribution in [-0.2, 0) is 0 Å². The lowest BCUT2D eigenvalue weighted by molar-refractivity contribution is 0.0972. The molecule has 6 heteroatoms. The number of hydrogen-bond acceptors (Lipinski definition) is 3. The minimum atomic E-state index is -1.38. The van der Waals surface area contributed by atoms with Crippen LogP contribution in [0.4, 0.5) is 0 Å².